The van der Waals surface area contributed by atoms with Gasteiger partial charge in [-0.05, 0) is 55.3 Å². The third-order valence-electron chi connectivity index (χ3n) is 7.09. The van der Waals surface area contributed by atoms with E-state index in [4.69, 9.17) is 0 Å². The van der Waals surface area contributed by atoms with Crippen LogP contribution in [0.1, 0.15) is 12.8 Å². The van der Waals surface area contributed by atoms with E-state index in [1.165, 1.54) is 12.1 Å². The number of imidazole rings is 1. The Morgan fingerprint density at radius 1 is 0.947 bits per heavy atom. The van der Waals surface area contributed by atoms with Gasteiger partial charge in [0.1, 0.15) is 17.3 Å². The molecule has 10 heteroatoms. The molecule has 1 aliphatic rings. The molecule has 0 atom stereocenters. The summed E-state index contributed by atoms with van der Waals surface area (Å²) in [4.78, 5) is 6.74. The molecule has 1 N–H and O–H groups in total. The molecule has 1 aliphatic heterocycles. The molecular formula is C28H26F4N6. The van der Waals surface area contributed by atoms with Crippen LogP contribution < -0.4 is 10.2 Å². The predicted molar refractivity (Wildman–Crippen MR) is 141 cm³/mol. The first-order valence-corrected chi connectivity index (χ1v) is 12.5. The fourth-order valence-electron chi connectivity index (χ4n) is 5.33. The number of aromatic nitrogens is 4. The molecule has 3 aromatic carbocycles. The minimum Gasteiger partial charge on any atom is -0.382 e. The summed E-state index contributed by atoms with van der Waals surface area (Å²) in [7, 11) is 1.80. The van der Waals surface area contributed by atoms with Crippen LogP contribution in [0.15, 0.2) is 60.7 Å². The van der Waals surface area contributed by atoms with Crippen molar-refractivity contribution in [2.24, 2.45) is 7.05 Å². The number of para-hydroxylation sites is 2. The Labute approximate surface area is 216 Å². The highest BCUT2D eigenvalue weighted by Crippen LogP contribution is 2.32. The number of rotatable bonds is 6. The summed E-state index contributed by atoms with van der Waals surface area (Å²) in [5, 5.41) is 8.89. The summed E-state index contributed by atoms with van der Waals surface area (Å²) in [5.74, 6) is -0.705. The van der Waals surface area contributed by atoms with Gasteiger partial charge in [-0.25, -0.2) is 22.5 Å². The molecule has 0 spiro atoms. The molecule has 0 amide bonds. The molecule has 3 heterocycles. The lowest BCUT2D eigenvalue weighted by atomic mass is 10.0. The maximum atomic E-state index is 13.8. The van der Waals surface area contributed by atoms with Crippen molar-refractivity contribution in [3.8, 4) is 11.3 Å². The second kappa shape index (κ2) is 9.66. The van der Waals surface area contributed by atoms with Crippen LogP contribution in [0.4, 0.5) is 29.2 Å². The van der Waals surface area contributed by atoms with Crippen molar-refractivity contribution in [3.05, 3.63) is 72.3 Å². The number of benzene rings is 3. The highest BCUT2D eigenvalue weighted by atomic mass is 19.3. The molecule has 0 unspecified atom stereocenters. The first-order valence-electron chi connectivity index (χ1n) is 12.5. The van der Waals surface area contributed by atoms with Crippen molar-refractivity contribution in [2.45, 2.75) is 31.9 Å². The summed E-state index contributed by atoms with van der Waals surface area (Å²) in [5.41, 5.74) is 4.10. The molecule has 1 fully saturated rings. The highest BCUT2D eigenvalue weighted by molar-refractivity contribution is 5.95. The average molecular weight is 523 g/mol. The minimum absolute atomic E-state index is 0.196. The Kier molecular flexibility index (Phi) is 6.17. The second-order valence-corrected chi connectivity index (χ2v) is 9.67. The van der Waals surface area contributed by atoms with Gasteiger partial charge in [0.25, 0.3) is 6.43 Å². The number of fused-ring (bicyclic) bond motifs is 2. The van der Waals surface area contributed by atoms with Gasteiger partial charge in [-0.15, -0.1) is 0 Å². The van der Waals surface area contributed by atoms with Gasteiger partial charge in [0, 0.05) is 48.9 Å². The van der Waals surface area contributed by atoms with Crippen LogP contribution in [0.5, 0.6) is 0 Å². The summed E-state index contributed by atoms with van der Waals surface area (Å²) in [6.45, 7) is 0.990. The molecule has 5 aromatic rings. The number of hydrogen-bond acceptors (Lipinski definition) is 4. The Morgan fingerprint density at radius 3 is 2.42 bits per heavy atom. The first-order chi connectivity index (χ1) is 18.4. The normalized spacial score (nSPS) is 14.7. The third kappa shape index (κ3) is 4.55. The third-order valence-corrected chi connectivity index (χ3v) is 7.09. The van der Waals surface area contributed by atoms with E-state index in [2.05, 4.69) is 20.3 Å². The monoisotopic (exact) mass is 522 g/mol. The Bertz CT molecular complexity index is 1600. The number of piperidine rings is 1. The number of anilines is 2. The first kappa shape index (κ1) is 24.3. The van der Waals surface area contributed by atoms with Crippen LogP contribution >= 0.6 is 0 Å². The zero-order valence-corrected chi connectivity index (χ0v) is 20.7. The Hall–Kier alpha value is -4.08. The van der Waals surface area contributed by atoms with Crippen LogP contribution in [-0.2, 0) is 13.6 Å². The molecule has 6 nitrogen and oxygen atoms in total. The Balaban J connectivity index is 1.18. The number of nitrogens with one attached hydrogen (secondary N) is 1. The SMILES string of the molecule is Cn1nc(-c2cc(F)cc(F)c2)c2ccc(NC3CCN(c4nc5ccccc5n4CC(F)F)CC3)cc21. The number of aryl methyl sites for hydroxylation is 1. The van der Waals surface area contributed by atoms with Crippen LogP contribution in [0.25, 0.3) is 33.2 Å². The fourth-order valence-corrected chi connectivity index (χ4v) is 5.33. The second-order valence-electron chi connectivity index (χ2n) is 9.67. The molecule has 1 saturated heterocycles. The van der Waals surface area contributed by atoms with Crippen LogP contribution in [0.3, 0.4) is 0 Å². The number of hydrogen-bond donors (Lipinski definition) is 1. The van der Waals surface area contributed by atoms with E-state index < -0.39 is 18.1 Å². The lowest BCUT2D eigenvalue weighted by Crippen LogP contribution is -2.40. The molecule has 196 valence electrons. The molecule has 0 radical (unpaired) electrons. The van der Waals surface area contributed by atoms with E-state index in [0.717, 1.165) is 35.5 Å². The fraction of sp³-hybridized carbons (Fsp3) is 0.286. The summed E-state index contributed by atoms with van der Waals surface area (Å²) in [6.07, 6.45) is -0.836. The summed E-state index contributed by atoms with van der Waals surface area (Å²) in [6, 6.07) is 16.8. The topological polar surface area (TPSA) is 50.9 Å². The maximum absolute atomic E-state index is 13.8. The molecule has 0 aliphatic carbocycles. The van der Waals surface area contributed by atoms with Crippen molar-refractivity contribution >= 4 is 33.6 Å². The van der Waals surface area contributed by atoms with Gasteiger partial charge in [0.15, 0.2) is 0 Å². The Morgan fingerprint density at radius 2 is 1.68 bits per heavy atom. The molecule has 0 saturated carbocycles. The lowest BCUT2D eigenvalue weighted by molar-refractivity contribution is 0.128. The minimum atomic E-state index is -2.46. The smallest absolute Gasteiger partial charge is 0.256 e. The quantitative estimate of drug-likeness (QED) is 0.269. The van der Waals surface area contributed by atoms with E-state index >= 15 is 0 Å². The van der Waals surface area contributed by atoms with Crippen LogP contribution in [0.2, 0.25) is 0 Å². The van der Waals surface area contributed by atoms with E-state index in [9.17, 15) is 17.6 Å². The van der Waals surface area contributed by atoms with Crippen molar-refractivity contribution in [1.29, 1.82) is 0 Å². The van der Waals surface area contributed by atoms with Crippen LogP contribution in [0, 0.1) is 11.6 Å². The van der Waals surface area contributed by atoms with Crippen molar-refractivity contribution in [1.82, 2.24) is 19.3 Å². The van der Waals surface area contributed by atoms with E-state index in [0.29, 0.717) is 41.3 Å². The van der Waals surface area contributed by atoms with Gasteiger partial charge in [-0.3, -0.25) is 4.68 Å². The van der Waals surface area contributed by atoms with Crippen molar-refractivity contribution in [3.63, 3.8) is 0 Å². The molecule has 38 heavy (non-hydrogen) atoms. The molecule has 0 bridgehead atoms. The summed E-state index contributed by atoms with van der Waals surface area (Å²) < 4.78 is 57.6. The van der Waals surface area contributed by atoms with Gasteiger partial charge < -0.3 is 14.8 Å². The van der Waals surface area contributed by atoms with Gasteiger partial charge >= 0.3 is 0 Å². The largest absolute Gasteiger partial charge is 0.382 e. The molecule has 6 rings (SSSR count). The molecular weight excluding hydrogens is 496 g/mol. The molecule has 2 aromatic heterocycles. The van der Waals surface area contributed by atoms with Gasteiger partial charge in [0.05, 0.1) is 23.1 Å². The van der Waals surface area contributed by atoms with Crippen molar-refractivity contribution < 1.29 is 17.6 Å². The van der Waals surface area contributed by atoms with E-state index in [1.807, 2.05) is 42.5 Å². The standard InChI is InChI=1S/C28H26F4N6/c1-36-25-15-21(6-7-22(25)27(35-36)17-12-18(29)14-19(30)13-17)33-20-8-10-37(11-9-20)28-34-23-4-2-3-5-24(23)38(28)16-26(31)32/h2-7,12-15,20,26,33H,8-11,16H2,1H3. The van der Waals surface area contributed by atoms with Gasteiger partial charge in [-0.1, -0.05) is 12.1 Å². The average Bonchev–Trinajstić information content (AvgIpc) is 3.41. The van der Waals surface area contributed by atoms with Crippen LogP contribution in [-0.4, -0.2) is 44.9 Å². The predicted octanol–water partition coefficient (Wildman–Crippen LogP) is 6.21. The highest BCUT2D eigenvalue weighted by Gasteiger charge is 2.25. The zero-order valence-electron chi connectivity index (χ0n) is 20.7. The van der Waals surface area contributed by atoms with Gasteiger partial charge in [-0.2, -0.15) is 5.10 Å². The van der Waals surface area contributed by atoms with Crippen molar-refractivity contribution in [2.75, 3.05) is 23.3 Å². The number of alkyl halides is 2. The van der Waals surface area contributed by atoms with Gasteiger partial charge in [0.2, 0.25) is 5.95 Å². The maximum Gasteiger partial charge on any atom is 0.256 e. The number of nitrogens with zero attached hydrogens (tertiary/aromatic N) is 5. The summed E-state index contributed by atoms with van der Waals surface area (Å²) >= 11 is 0. The van der Waals surface area contributed by atoms with E-state index in [1.54, 1.807) is 16.3 Å². The lowest BCUT2D eigenvalue weighted by Gasteiger charge is -2.33. The zero-order chi connectivity index (χ0) is 26.4. The number of halogens is 4. The van der Waals surface area contributed by atoms with E-state index in [-0.39, 0.29) is 12.6 Å².